The van der Waals surface area contributed by atoms with Gasteiger partial charge in [-0.25, -0.2) is 0 Å². The summed E-state index contributed by atoms with van der Waals surface area (Å²) in [6, 6.07) is 7.67. The van der Waals surface area contributed by atoms with Gasteiger partial charge in [0.15, 0.2) is 5.96 Å². The Morgan fingerprint density at radius 3 is 2.55 bits per heavy atom. The van der Waals surface area contributed by atoms with Gasteiger partial charge in [-0.15, -0.1) is 0 Å². The summed E-state index contributed by atoms with van der Waals surface area (Å²) in [6.45, 7) is 7.90. The molecule has 0 spiro atoms. The van der Waals surface area contributed by atoms with Crippen molar-refractivity contribution >= 4 is 17.8 Å². The van der Waals surface area contributed by atoms with Crippen molar-refractivity contribution in [3.05, 3.63) is 35.4 Å². The van der Waals surface area contributed by atoms with Gasteiger partial charge in [-0.2, -0.15) is 0 Å². The van der Waals surface area contributed by atoms with Gasteiger partial charge in [-0.3, -0.25) is 14.6 Å². The molecule has 8 nitrogen and oxygen atoms in total. The van der Waals surface area contributed by atoms with Crippen molar-refractivity contribution in [3.63, 3.8) is 0 Å². The molecule has 0 atom stereocenters. The summed E-state index contributed by atoms with van der Waals surface area (Å²) < 4.78 is 5.36. The smallest absolute Gasteiger partial charge is 0.251 e. The molecule has 8 heteroatoms. The number of nitrogens with one attached hydrogen (secondary N) is 2. The lowest BCUT2D eigenvalue weighted by atomic mass is 9.95. The minimum Gasteiger partial charge on any atom is -0.378 e. The number of benzene rings is 1. The van der Waals surface area contributed by atoms with E-state index in [-0.39, 0.29) is 17.7 Å². The van der Waals surface area contributed by atoms with E-state index in [1.54, 1.807) is 7.05 Å². The minimum absolute atomic E-state index is 0.0758. The second-order valence-electron chi connectivity index (χ2n) is 7.96. The molecule has 0 radical (unpaired) electrons. The van der Waals surface area contributed by atoms with Crippen LogP contribution in [0.3, 0.4) is 0 Å². The number of rotatable bonds is 6. The van der Waals surface area contributed by atoms with E-state index >= 15 is 0 Å². The molecule has 2 aliphatic heterocycles. The molecular formula is C23H35N5O3. The fourth-order valence-corrected chi connectivity index (χ4v) is 4.11. The summed E-state index contributed by atoms with van der Waals surface area (Å²) >= 11 is 0. The third kappa shape index (κ3) is 6.43. The van der Waals surface area contributed by atoms with Crippen LogP contribution < -0.4 is 10.6 Å². The fourth-order valence-electron chi connectivity index (χ4n) is 4.11. The van der Waals surface area contributed by atoms with E-state index in [0.717, 1.165) is 50.4 Å². The molecule has 2 heterocycles. The number of likely N-dealkylation sites (tertiary alicyclic amines) is 1. The van der Waals surface area contributed by atoms with Crippen molar-refractivity contribution in [2.24, 2.45) is 10.9 Å². The number of piperidine rings is 1. The van der Waals surface area contributed by atoms with E-state index in [1.807, 2.05) is 29.2 Å². The average Bonchev–Trinajstić information content (AvgIpc) is 2.83. The number of hydrogen-bond acceptors (Lipinski definition) is 4. The summed E-state index contributed by atoms with van der Waals surface area (Å²) in [5.74, 6) is 1.21. The van der Waals surface area contributed by atoms with Crippen molar-refractivity contribution < 1.29 is 14.3 Å². The number of morpholine rings is 1. The summed E-state index contributed by atoms with van der Waals surface area (Å²) in [4.78, 5) is 33.6. The Balaban J connectivity index is 1.53. The number of nitrogens with zero attached hydrogens (tertiary/aromatic N) is 3. The summed E-state index contributed by atoms with van der Waals surface area (Å²) in [7, 11) is 1.64. The largest absolute Gasteiger partial charge is 0.378 e. The van der Waals surface area contributed by atoms with Gasteiger partial charge >= 0.3 is 0 Å². The van der Waals surface area contributed by atoms with Crippen molar-refractivity contribution in [1.82, 2.24) is 20.4 Å². The average molecular weight is 430 g/mol. The number of carbonyl (C=O) groups is 2. The van der Waals surface area contributed by atoms with Crippen LogP contribution in [0.2, 0.25) is 0 Å². The Bertz CT molecular complexity index is 768. The maximum Gasteiger partial charge on any atom is 0.251 e. The Hall–Kier alpha value is -2.61. The molecule has 0 unspecified atom stereocenters. The van der Waals surface area contributed by atoms with Gasteiger partial charge < -0.3 is 25.2 Å². The molecule has 0 bridgehead atoms. The molecule has 1 aromatic carbocycles. The van der Waals surface area contributed by atoms with Crippen LogP contribution in [0, 0.1) is 5.92 Å². The lowest BCUT2D eigenvalue weighted by Crippen LogP contribution is -2.50. The summed E-state index contributed by atoms with van der Waals surface area (Å²) in [6.07, 6.45) is 2.48. The second kappa shape index (κ2) is 11.7. The van der Waals surface area contributed by atoms with Crippen molar-refractivity contribution in [2.45, 2.75) is 26.2 Å². The molecule has 2 N–H and O–H groups in total. The first-order chi connectivity index (χ1) is 15.1. The lowest BCUT2D eigenvalue weighted by Gasteiger charge is -2.36. The first kappa shape index (κ1) is 23.1. The molecular weight excluding hydrogens is 394 g/mol. The molecule has 2 saturated heterocycles. The Labute approximate surface area is 185 Å². The molecule has 2 aliphatic rings. The molecule has 3 rings (SSSR count). The third-order valence-electron chi connectivity index (χ3n) is 5.88. The van der Waals surface area contributed by atoms with Gasteiger partial charge in [0, 0.05) is 57.8 Å². The van der Waals surface area contributed by atoms with E-state index in [0.29, 0.717) is 38.4 Å². The van der Waals surface area contributed by atoms with Crippen LogP contribution >= 0.6 is 0 Å². The number of guanidine groups is 1. The Kier molecular flexibility index (Phi) is 8.70. The quantitative estimate of drug-likeness (QED) is 0.523. The van der Waals surface area contributed by atoms with Crippen LogP contribution in [0.5, 0.6) is 0 Å². The van der Waals surface area contributed by atoms with E-state index in [9.17, 15) is 9.59 Å². The number of carbonyl (C=O) groups excluding carboxylic acids is 2. The number of ether oxygens (including phenoxy) is 1. The standard InChI is InChI=1S/C23H35N5O3/c1-3-25-23(26-10-7-18-5-4-6-20(17-18)21(29)24-2)28-11-8-19(9-12-28)22(30)27-13-15-31-16-14-27/h4-6,17,19H,3,7-16H2,1-2H3,(H,24,29)(H,25,26). The zero-order valence-corrected chi connectivity index (χ0v) is 18.7. The molecule has 2 amide bonds. The van der Waals surface area contributed by atoms with Gasteiger partial charge in [-0.05, 0) is 43.9 Å². The zero-order chi connectivity index (χ0) is 22.1. The number of amides is 2. The maximum atomic E-state index is 12.8. The molecule has 0 saturated carbocycles. The van der Waals surface area contributed by atoms with Crippen molar-refractivity contribution in [2.75, 3.05) is 59.5 Å². The predicted octanol–water partition coefficient (Wildman–Crippen LogP) is 1.13. The van der Waals surface area contributed by atoms with Crippen LogP contribution in [0.15, 0.2) is 29.3 Å². The van der Waals surface area contributed by atoms with Crippen LogP contribution in [0.25, 0.3) is 0 Å². The Morgan fingerprint density at radius 2 is 1.87 bits per heavy atom. The molecule has 0 aromatic heterocycles. The zero-order valence-electron chi connectivity index (χ0n) is 18.7. The highest BCUT2D eigenvalue weighted by Gasteiger charge is 2.30. The minimum atomic E-state index is -0.0758. The highest BCUT2D eigenvalue weighted by atomic mass is 16.5. The molecule has 31 heavy (non-hydrogen) atoms. The van der Waals surface area contributed by atoms with E-state index < -0.39 is 0 Å². The van der Waals surface area contributed by atoms with Crippen LogP contribution in [0.4, 0.5) is 0 Å². The first-order valence-electron chi connectivity index (χ1n) is 11.3. The van der Waals surface area contributed by atoms with Gasteiger partial charge in [0.2, 0.25) is 5.91 Å². The van der Waals surface area contributed by atoms with Crippen molar-refractivity contribution in [1.29, 1.82) is 0 Å². The van der Waals surface area contributed by atoms with Crippen LogP contribution in [-0.2, 0) is 16.0 Å². The van der Waals surface area contributed by atoms with Gasteiger partial charge in [0.1, 0.15) is 0 Å². The fraction of sp³-hybridized carbons (Fsp3) is 0.609. The van der Waals surface area contributed by atoms with E-state index in [2.05, 4.69) is 22.5 Å². The molecule has 1 aromatic rings. The highest BCUT2D eigenvalue weighted by molar-refractivity contribution is 5.94. The van der Waals surface area contributed by atoms with E-state index in [1.165, 1.54) is 0 Å². The highest BCUT2D eigenvalue weighted by Crippen LogP contribution is 2.20. The summed E-state index contributed by atoms with van der Waals surface area (Å²) in [5.41, 5.74) is 1.76. The molecule has 170 valence electrons. The van der Waals surface area contributed by atoms with Gasteiger partial charge in [-0.1, -0.05) is 12.1 Å². The van der Waals surface area contributed by atoms with Gasteiger partial charge in [0.05, 0.1) is 13.2 Å². The third-order valence-corrected chi connectivity index (χ3v) is 5.88. The monoisotopic (exact) mass is 429 g/mol. The summed E-state index contributed by atoms with van der Waals surface area (Å²) in [5, 5.41) is 6.04. The van der Waals surface area contributed by atoms with Gasteiger partial charge in [0.25, 0.3) is 5.91 Å². The second-order valence-corrected chi connectivity index (χ2v) is 7.96. The van der Waals surface area contributed by atoms with Crippen molar-refractivity contribution in [3.8, 4) is 0 Å². The normalized spacial score (nSPS) is 18.1. The first-order valence-corrected chi connectivity index (χ1v) is 11.3. The molecule has 0 aliphatic carbocycles. The predicted molar refractivity (Wildman–Crippen MR) is 121 cm³/mol. The molecule has 2 fully saturated rings. The van der Waals surface area contributed by atoms with Crippen LogP contribution in [0.1, 0.15) is 35.7 Å². The number of aliphatic imine (C=N–C) groups is 1. The topological polar surface area (TPSA) is 86.3 Å². The van der Waals surface area contributed by atoms with E-state index in [4.69, 9.17) is 9.73 Å². The number of hydrogen-bond donors (Lipinski definition) is 2. The SMILES string of the molecule is CCNC(=NCCc1cccc(C(=O)NC)c1)N1CCC(C(=O)N2CCOCC2)CC1. The maximum absolute atomic E-state index is 12.8. The van der Waals surface area contributed by atoms with Crippen LogP contribution in [-0.4, -0.2) is 87.1 Å². The Morgan fingerprint density at radius 1 is 1.13 bits per heavy atom. The lowest BCUT2D eigenvalue weighted by molar-refractivity contribution is -0.140.